The molecule has 6 heteroatoms. The van der Waals surface area contributed by atoms with Crippen LogP contribution in [-0.4, -0.2) is 56.0 Å². The van der Waals surface area contributed by atoms with Crippen molar-refractivity contribution in [2.45, 2.75) is 26.8 Å². The summed E-state index contributed by atoms with van der Waals surface area (Å²) in [6, 6.07) is 7.49. The maximum atomic E-state index is 12.7. The van der Waals surface area contributed by atoms with Crippen molar-refractivity contribution in [1.82, 2.24) is 10.2 Å². The van der Waals surface area contributed by atoms with E-state index in [1.807, 2.05) is 43.0 Å². The third-order valence-electron chi connectivity index (χ3n) is 4.30. The largest absolute Gasteiger partial charge is 0.497 e. The molecule has 1 aliphatic rings. The molecule has 1 atom stereocenters. The molecule has 1 heterocycles. The van der Waals surface area contributed by atoms with Crippen LogP contribution in [0.4, 0.5) is 5.69 Å². The number of benzene rings is 1. The van der Waals surface area contributed by atoms with E-state index in [4.69, 9.17) is 4.74 Å². The fraction of sp³-hybridized carbons (Fsp3) is 0.556. The fourth-order valence-corrected chi connectivity index (χ4v) is 2.92. The third-order valence-corrected chi connectivity index (χ3v) is 4.30. The van der Waals surface area contributed by atoms with Crippen LogP contribution in [-0.2, 0) is 9.59 Å². The number of carbonyl (C=O) groups is 2. The molecule has 0 aromatic heterocycles. The van der Waals surface area contributed by atoms with E-state index in [2.05, 4.69) is 10.2 Å². The number of rotatable bonds is 5. The number of hydrogen-bond donors (Lipinski definition) is 1. The summed E-state index contributed by atoms with van der Waals surface area (Å²) in [6.07, 6.45) is 0. The summed E-state index contributed by atoms with van der Waals surface area (Å²) in [5.74, 6) is 0.733. The Bertz CT molecular complexity index is 581. The van der Waals surface area contributed by atoms with Gasteiger partial charge in [0.15, 0.2) is 0 Å². The average Bonchev–Trinajstić information content (AvgIpc) is 2.59. The van der Waals surface area contributed by atoms with Gasteiger partial charge in [-0.1, -0.05) is 19.9 Å². The molecule has 0 bridgehead atoms. The number of amides is 2. The van der Waals surface area contributed by atoms with Gasteiger partial charge in [-0.2, -0.15) is 0 Å². The highest BCUT2D eigenvalue weighted by atomic mass is 16.5. The molecule has 6 nitrogen and oxygen atoms in total. The number of piperazine rings is 1. The van der Waals surface area contributed by atoms with Crippen LogP contribution in [0.3, 0.4) is 0 Å². The number of ether oxygens (including phenoxy) is 1. The minimum absolute atomic E-state index is 0.00509. The van der Waals surface area contributed by atoms with Gasteiger partial charge in [-0.15, -0.1) is 0 Å². The van der Waals surface area contributed by atoms with E-state index in [-0.39, 0.29) is 17.7 Å². The van der Waals surface area contributed by atoms with Crippen molar-refractivity contribution in [3.05, 3.63) is 24.3 Å². The van der Waals surface area contributed by atoms with E-state index < -0.39 is 6.04 Å². The molecule has 24 heavy (non-hydrogen) atoms. The maximum Gasteiger partial charge on any atom is 0.245 e. The van der Waals surface area contributed by atoms with Crippen molar-refractivity contribution in [3.8, 4) is 5.75 Å². The standard InChI is InChI=1S/C18H27N3O3/c1-13(2)17(19-14(3)22)18(23)21-10-8-20(9-11-21)15-6-5-7-16(12-15)24-4/h5-7,12-13,17H,8-11H2,1-4H3,(H,19,22)/t17-/m1/s1. The van der Waals surface area contributed by atoms with E-state index >= 15 is 0 Å². The van der Waals surface area contributed by atoms with Crippen molar-refractivity contribution in [3.63, 3.8) is 0 Å². The minimum atomic E-state index is -0.453. The molecule has 0 unspecified atom stereocenters. The van der Waals surface area contributed by atoms with Gasteiger partial charge in [-0.25, -0.2) is 0 Å². The van der Waals surface area contributed by atoms with Crippen molar-refractivity contribution >= 4 is 17.5 Å². The van der Waals surface area contributed by atoms with Crippen LogP contribution in [0.1, 0.15) is 20.8 Å². The van der Waals surface area contributed by atoms with Gasteiger partial charge < -0.3 is 19.9 Å². The predicted octanol–water partition coefficient (Wildman–Crippen LogP) is 1.50. The molecule has 1 aromatic rings. The summed E-state index contributed by atoms with van der Waals surface area (Å²) < 4.78 is 5.27. The smallest absolute Gasteiger partial charge is 0.245 e. The average molecular weight is 333 g/mol. The summed E-state index contributed by atoms with van der Waals surface area (Å²) in [6.45, 7) is 8.19. The Hall–Kier alpha value is -2.24. The van der Waals surface area contributed by atoms with Gasteiger partial charge in [-0.05, 0) is 18.1 Å². The molecular formula is C18H27N3O3. The quantitative estimate of drug-likeness (QED) is 0.887. The number of anilines is 1. The summed E-state index contributed by atoms with van der Waals surface area (Å²) in [7, 11) is 1.66. The number of hydrogen-bond acceptors (Lipinski definition) is 4. The normalized spacial score (nSPS) is 16.0. The van der Waals surface area contributed by atoms with Crippen molar-refractivity contribution in [2.75, 3.05) is 38.2 Å². The van der Waals surface area contributed by atoms with E-state index in [0.29, 0.717) is 13.1 Å². The van der Waals surface area contributed by atoms with Crippen LogP contribution in [0, 0.1) is 5.92 Å². The van der Waals surface area contributed by atoms with Crippen LogP contribution in [0.5, 0.6) is 5.75 Å². The summed E-state index contributed by atoms with van der Waals surface area (Å²) in [4.78, 5) is 28.1. The highest BCUT2D eigenvalue weighted by Gasteiger charge is 2.30. The number of methoxy groups -OCH3 is 1. The van der Waals surface area contributed by atoms with Gasteiger partial charge >= 0.3 is 0 Å². The lowest BCUT2D eigenvalue weighted by molar-refractivity contribution is -0.137. The minimum Gasteiger partial charge on any atom is -0.497 e. The maximum absolute atomic E-state index is 12.7. The Morgan fingerprint density at radius 2 is 1.83 bits per heavy atom. The summed E-state index contributed by atoms with van der Waals surface area (Å²) >= 11 is 0. The van der Waals surface area contributed by atoms with Crippen molar-refractivity contribution in [1.29, 1.82) is 0 Å². The van der Waals surface area contributed by atoms with Crippen LogP contribution in [0.15, 0.2) is 24.3 Å². The lowest BCUT2D eigenvalue weighted by Crippen LogP contribution is -2.56. The molecule has 0 aliphatic carbocycles. The van der Waals surface area contributed by atoms with E-state index in [1.54, 1.807) is 7.11 Å². The zero-order valence-electron chi connectivity index (χ0n) is 14.9. The van der Waals surface area contributed by atoms with Gasteiger partial charge in [0.25, 0.3) is 0 Å². The van der Waals surface area contributed by atoms with Gasteiger partial charge in [0.2, 0.25) is 11.8 Å². The van der Waals surface area contributed by atoms with Crippen molar-refractivity contribution < 1.29 is 14.3 Å². The van der Waals surface area contributed by atoms with Gasteiger partial charge in [0, 0.05) is 44.9 Å². The molecule has 0 spiro atoms. The summed E-state index contributed by atoms with van der Waals surface area (Å²) in [5, 5.41) is 2.77. The Balaban J connectivity index is 1.98. The Morgan fingerprint density at radius 1 is 1.17 bits per heavy atom. The lowest BCUT2D eigenvalue weighted by Gasteiger charge is -2.38. The molecule has 1 saturated heterocycles. The van der Waals surface area contributed by atoms with E-state index in [0.717, 1.165) is 24.5 Å². The number of nitrogens with one attached hydrogen (secondary N) is 1. The number of carbonyl (C=O) groups excluding carboxylic acids is 2. The van der Waals surface area contributed by atoms with Crippen molar-refractivity contribution in [2.24, 2.45) is 5.92 Å². The molecule has 1 aromatic carbocycles. The van der Waals surface area contributed by atoms with Gasteiger partial charge in [0.1, 0.15) is 11.8 Å². The molecule has 132 valence electrons. The zero-order chi connectivity index (χ0) is 17.7. The fourth-order valence-electron chi connectivity index (χ4n) is 2.92. The second-order valence-corrected chi connectivity index (χ2v) is 6.44. The molecule has 1 fully saturated rings. The molecular weight excluding hydrogens is 306 g/mol. The summed E-state index contributed by atoms with van der Waals surface area (Å²) in [5.41, 5.74) is 1.10. The molecule has 2 rings (SSSR count). The predicted molar refractivity (Wildman–Crippen MR) is 94.2 cm³/mol. The van der Waals surface area contributed by atoms with Crippen LogP contribution >= 0.6 is 0 Å². The monoisotopic (exact) mass is 333 g/mol. The zero-order valence-corrected chi connectivity index (χ0v) is 14.9. The van der Waals surface area contributed by atoms with E-state index in [9.17, 15) is 9.59 Å². The second kappa shape index (κ2) is 8.04. The first-order valence-electron chi connectivity index (χ1n) is 8.37. The van der Waals surface area contributed by atoms with Gasteiger partial charge in [-0.3, -0.25) is 9.59 Å². The Labute approximate surface area is 143 Å². The lowest BCUT2D eigenvalue weighted by atomic mass is 10.0. The number of nitrogens with zero attached hydrogens (tertiary/aromatic N) is 2. The molecule has 0 radical (unpaired) electrons. The molecule has 0 saturated carbocycles. The first-order chi connectivity index (χ1) is 11.4. The first-order valence-corrected chi connectivity index (χ1v) is 8.37. The van der Waals surface area contributed by atoms with E-state index in [1.165, 1.54) is 6.92 Å². The Morgan fingerprint density at radius 3 is 2.38 bits per heavy atom. The Kier molecular flexibility index (Phi) is 6.06. The highest BCUT2D eigenvalue weighted by molar-refractivity contribution is 5.87. The first kappa shape index (κ1) is 18.1. The van der Waals surface area contributed by atoms with Crippen LogP contribution in [0.25, 0.3) is 0 Å². The van der Waals surface area contributed by atoms with Gasteiger partial charge in [0.05, 0.1) is 7.11 Å². The van der Waals surface area contributed by atoms with Crippen LogP contribution in [0.2, 0.25) is 0 Å². The molecule has 2 amide bonds. The SMILES string of the molecule is COc1cccc(N2CCN(C(=O)[C@H](NC(C)=O)C(C)C)CC2)c1. The molecule has 1 aliphatic heterocycles. The van der Waals surface area contributed by atoms with Crippen LogP contribution < -0.4 is 15.0 Å². The highest BCUT2D eigenvalue weighted by Crippen LogP contribution is 2.22. The second-order valence-electron chi connectivity index (χ2n) is 6.44. The third kappa shape index (κ3) is 4.40. The molecule has 1 N–H and O–H groups in total. The topological polar surface area (TPSA) is 61.9 Å².